The number of rotatable bonds is 8. The second kappa shape index (κ2) is 8.18. The molecule has 1 atom stereocenters. The van der Waals surface area contributed by atoms with Gasteiger partial charge in [-0.25, -0.2) is 0 Å². The molecule has 1 unspecified atom stereocenters. The van der Waals surface area contributed by atoms with Gasteiger partial charge in [-0.2, -0.15) is 0 Å². The number of nitrogens with zero attached hydrogens (tertiary/aromatic N) is 1. The highest BCUT2D eigenvalue weighted by atomic mass is 15.1. The normalized spacial score (nSPS) is 12.7. The Labute approximate surface area is 118 Å². The largest absolute Gasteiger partial charge is 0.378 e. The van der Waals surface area contributed by atoms with E-state index in [0.29, 0.717) is 12.0 Å². The zero-order valence-electron chi connectivity index (χ0n) is 13.0. The molecule has 1 rings (SSSR count). The molecule has 0 radical (unpaired) electrons. The van der Waals surface area contributed by atoms with Crippen molar-refractivity contribution < 1.29 is 0 Å². The molecule has 0 spiro atoms. The van der Waals surface area contributed by atoms with Gasteiger partial charge < -0.3 is 15.5 Å². The lowest BCUT2D eigenvalue weighted by Crippen LogP contribution is -2.37. The lowest BCUT2D eigenvalue weighted by molar-refractivity contribution is 0.472. The average molecular weight is 263 g/mol. The van der Waals surface area contributed by atoms with Gasteiger partial charge in [-0.3, -0.25) is 0 Å². The monoisotopic (exact) mass is 263 g/mol. The third-order valence-corrected chi connectivity index (χ3v) is 3.11. The maximum Gasteiger partial charge on any atom is 0.0361 e. The maximum atomic E-state index is 3.55. The molecule has 0 amide bonds. The molecule has 0 aliphatic rings. The summed E-state index contributed by atoms with van der Waals surface area (Å²) in [6, 6.07) is 9.21. The van der Waals surface area contributed by atoms with E-state index in [1.165, 1.54) is 11.3 Å². The highest BCUT2D eigenvalue weighted by molar-refractivity contribution is 5.45. The summed E-state index contributed by atoms with van der Waals surface area (Å²) in [4.78, 5) is 2.12. The number of anilines is 1. The van der Waals surface area contributed by atoms with Crippen LogP contribution < -0.4 is 15.5 Å². The minimum absolute atomic E-state index is 0.493. The van der Waals surface area contributed by atoms with E-state index in [2.05, 4.69) is 74.7 Å². The van der Waals surface area contributed by atoms with Crippen molar-refractivity contribution in [1.29, 1.82) is 0 Å². The van der Waals surface area contributed by atoms with E-state index in [4.69, 9.17) is 0 Å². The van der Waals surface area contributed by atoms with E-state index in [1.54, 1.807) is 0 Å². The molecule has 0 bridgehead atoms. The van der Waals surface area contributed by atoms with Crippen LogP contribution in [-0.2, 0) is 6.54 Å². The fourth-order valence-corrected chi connectivity index (χ4v) is 1.86. The van der Waals surface area contributed by atoms with Crippen LogP contribution in [0.1, 0.15) is 26.3 Å². The van der Waals surface area contributed by atoms with Crippen molar-refractivity contribution in [2.24, 2.45) is 5.92 Å². The van der Waals surface area contributed by atoms with E-state index >= 15 is 0 Å². The third kappa shape index (κ3) is 6.60. The van der Waals surface area contributed by atoms with Crippen molar-refractivity contribution in [3.05, 3.63) is 29.8 Å². The lowest BCUT2D eigenvalue weighted by Gasteiger charge is -2.16. The molecule has 108 valence electrons. The van der Waals surface area contributed by atoms with Crippen molar-refractivity contribution in [1.82, 2.24) is 10.6 Å². The lowest BCUT2D eigenvalue weighted by atomic mass is 10.2. The van der Waals surface area contributed by atoms with E-state index in [1.807, 2.05) is 0 Å². The first-order valence-corrected chi connectivity index (χ1v) is 7.19. The van der Waals surface area contributed by atoms with Crippen molar-refractivity contribution in [3.63, 3.8) is 0 Å². The van der Waals surface area contributed by atoms with Gasteiger partial charge in [-0.15, -0.1) is 0 Å². The second-order valence-electron chi connectivity index (χ2n) is 5.89. The summed E-state index contributed by atoms with van der Waals surface area (Å²) in [6.07, 6.45) is 0. The molecule has 0 saturated heterocycles. The predicted molar refractivity (Wildman–Crippen MR) is 84.8 cm³/mol. The SMILES string of the molecule is CC(C)CNCC(C)NCc1ccc(N(C)C)cc1. The Morgan fingerprint density at radius 2 is 1.63 bits per heavy atom. The van der Waals surface area contributed by atoms with Crippen LogP contribution in [0.15, 0.2) is 24.3 Å². The van der Waals surface area contributed by atoms with Gasteiger partial charge in [-0.05, 0) is 37.1 Å². The summed E-state index contributed by atoms with van der Waals surface area (Å²) in [5, 5.41) is 7.02. The van der Waals surface area contributed by atoms with Crippen LogP contribution in [0, 0.1) is 5.92 Å². The summed E-state index contributed by atoms with van der Waals surface area (Å²) in [6.45, 7) is 9.73. The molecule has 0 saturated carbocycles. The number of benzene rings is 1. The van der Waals surface area contributed by atoms with Crippen LogP contribution in [0.4, 0.5) is 5.69 Å². The maximum absolute atomic E-state index is 3.55. The molecular formula is C16H29N3. The first-order valence-electron chi connectivity index (χ1n) is 7.19. The topological polar surface area (TPSA) is 27.3 Å². The fraction of sp³-hybridized carbons (Fsp3) is 0.625. The Bertz CT molecular complexity index is 344. The highest BCUT2D eigenvalue weighted by Crippen LogP contribution is 2.11. The average Bonchev–Trinajstić information content (AvgIpc) is 2.36. The second-order valence-corrected chi connectivity index (χ2v) is 5.89. The molecule has 1 aromatic carbocycles. The van der Waals surface area contributed by atoms with E-state index in [-0.39, 0.29) is 0 Å². The van der Waals surface area contributed by atoms with Gasteiger partial charge in [-0.1, -0.05) is 26.0 Å². The van der Waals surface area contributed by atoms with Gasteiger partial charge in [0.1, 0.15) is 0 Å². The first-order chi connectivity index (χ1) is 8.99. The molecule has 19 heavy (non-hydrogen) atoms. The molecule has 1 aromatic rings. The Hall–Kier alpha value is -1.06. The molecule has 0 aliphatic heterocycles. The summed E-state index contributed by atoms with van der Waals surface area (Å²) < 4.78 is 0. The minimum atomic E-state index is 0.493. The van der Waals surface area contributed by atoms with Gasteiger partial charge in [0.05, 0.1) is 0 Å². The van der Waals surface area contributed by atoms with Crippen LogP contribution in [0.3, 0.4) is 0 Å². The van der Waals surface area contributed by atoms with E-state index in [0.717, 1.165) is 19.6 Å². The minimum Gasteiger partial charge on any atom is -0.378 e. The summed E-state index contributed by atoms with van der Waals surface area (Å²) in [5.74, 6) is 0.714. The predicted octanol–water partition coefficient (Wildman–Crippen LogP) is 2.48. The van der Waals surface area contributed by atoms with Crippen LogP contribution >= 0.6 is 0 Å². The Balaban J connectivity index is 2.27. The van der Waals surface area contributed by atoms with Gasteiger partial charge in [0.2, 0.25) is 0 Å². The van der Waals surface area contributed by atoms with Crippen molar-refractivity contribution in [2.45, 2.75) is 33.4 Å². The van der Waals surface area contributed by atoms with E-state index < -0.39 is 0 Å². The molecule has 0 heterocycles. The summed E-state index contributed by atoms with van der Waals surface area (Å²) >= 11 is 0. The molecular weight excluding hydrogens is 234 g/mol. The van der Waals surface area contributed by atoms with Gasteiger partial charge in [0.25, 0.3) is 0 Å². The van der Waals surface area contributed by atoms with Gasteiger partial charge >= 0.3 is 0 Å². The van der Waals surface area contributed by atoms with Crippen molar-refractivity contribution >= 4 is 5.69 Å². The van der Waals surface area contributed by atoms with Crippen molar-refractivity contribution in [3.8, 4) is 0 Å². The van der Waals surface area contributed by atoms with Crippen LogP contribution in [-0.4, -0.2) is 33.2 Å². The number of nitrogens with one attached hydrogen (secondary N) is 2. The fourth-order valence-electron chi connectivity index (χ4n) is 1.86. The van der Waals surface area contributed by atoms with Crippen LogP contribution in [0.2, 0.25) is 0 Å². The van der Waals surface area contributed by atoms with Crippen LogP contribution in [0.25, 0.3) is 0 Å². The Morgan fingerprint density at radius 1 is 1.00 bits per heavy atom. The number of hydrogen-bond donors (Lipinski definition) is 2. The molecule has 2 N–H and O–H groups in total. The quantitative estimate of drug-likeness (QED) is 0.754. The Morgan fingerprint density at radius 3 is 2.16 bits per heavy atom. The van der Waals surface area contributed by atoms with E-state index in [9.17, 15) is 0 Å². The van der Waals surface area contributed by atoms with Crippen molar-refractivity contribution in [2.75, 3.05) is 32.1 Å². The van der Waals surface area contributed by atoms with Crippen LogP contribution in [0.5, 0.6) is 0 Å². The Kier molecular flexibility index (Phi) is 6.89. The summed E-state index contributed by atoms with van der Waals surface area (Å²) in [5.41, 5.74) is 2.58. The molecule has 0 fully saturated rings. The molecule has 3 heteroatoms. The highest BCUT2D eigenvalue weighted by Gasteiger charge is 2.02. The summed E-state index contributed by atoms with van der Waals surface area (Å²) in [7, 11) is 4.13. The molecule has 3 nitrogen and oxygen atoms in total. The van der Waals surface area contributed by atoms with Gasteiger partial charge in [0.15, 0.2) is 0 Å². The zero-order chi connectivity index (χ0) is 14.3. The smallest absolute Gasteiger partial charge is 0.0361 e. The van der Waals surface area contributed by atoms with Gasteiger partial charge in [0, 0.05) is 38.9 Å². The zero-order valence-corrected chi connectivity index (χ0v) is 13.0. The molecule has 0 aromatic heterocycles. The standard InChI is InChI=1S/C16H29N3/c1-13(2)10-17-11-14(3)18-12-15-6-8-16(9-7-15)19(4)5/h6-9,13-14,17-18H,10-12H2,1-5H3. The molecule has 0 aliphatic carbocycles. The number of hydrogen-bond acceptors (Lipinski definition) is 3. The third-order valence-electron chi connectivity index (χ3n) is 3.11. The first kappa shape index (κ1) is 16.0.